The van der Waals surface area contributed by atoms with Crippen LogP contribution in [0.1, 0.15) is 33.1 Å². The van der Waals surface area contributed by atoms with Crippen molar-refractivity contribution in [2.45, 2.75) is 33.1 Å². The van der Waals surface area contributed by atoms with Crippen LogP contribution in [0.15, 0.2) is 59.3 Å². The summed E-state index contributed by atoms with van der Waals surface area (Å²) >= 11 is 0. The summed E-state index contributed by atoms with van der Waals surface area (Å²) in [6.07, 6.45) is 4.63. The number of nitrogens with zero attached hydrogens (tertiary/aromatic N) is 1. The van der Waals surface area contributed by atoms with E-state index in [1.54, 1.807) is 0 Å². The third-order valence-electron chi connectivity index (χ3n) is 5.73. The zero-order valence-electron chi connectivity index (χ0n) is 14.0. The van der Waals surface area contributed by atoms with Gasteiger partial charge in [-0.3, -0.25) is 4.79 Å². The van der Waals surface area contributed by atoms with Crippen molar-refractivity contribution in [2.75, 3.05) is 0 Å². The number of carbonyl (C=O) groups is 1. The van der Waals surface area contributed by atoms with Crippen LogP contribution in [0.2, 0.25) is 0 Å². The Bertz CT molecular complexity index is 740. The molecule has 0 radical (unpaired) electrons. The Kier molecular flexibility index (Phi) is 3.76. The maximum atomic E-state index is 12.8. The summed E-state index contributed by atoms with van der Waals surface area (Å²) in [5, 5.41) is 9.59. The molecule has 2 heteroatoms. The fourth-order valence-electron chi connectivity index (χ4n) is 4.49. The normalized spacial score (nSPS) is 33.6. The van der Waals surface area contributed by atoms with Crippen molar-refractivity contribution >= 4 is 5.78 Å². The Morgan fingerprint density at radius 1 is 1.39 bits per heavy atom. The van der Waals surface area contributed by atoms with Crippen molar-refractivity contribution in [3.8, 4) is 6.07 Å². The van der Waals surface area contributed by atoms with Gasteiger partial charge in [-0.1, -0.05) is 43.9 Å². The van der Waals surface area contributed by atoms with Gasteiger partial charge in [0.1, 0.15) is 0 Å². The molecule has 0 bridgehead atoms. The van der Waals surface area contributed by atoms with E-state index in [-0.39, 0.29) is 29.5 Å². The highest BCUT2D eigenvalue weighted by molar-refractivity contribution is 6.03. The topological polar surface area (TPSA) is 40.9 Å². The van der Waals surface area contributed by atoms with Crippen LogP contribution >= 0.6 is 0 Å². The average molecular weight is 305 g/mol. The molecule has 0 aromatic rings. The second-order valence-corrected chi connectivity index (χ2v) is 7.24. The number of hydrogen-bond donors (Lipinski definition) is 0. The lowest BCUT2D eigenvalue weighted by Crippen LogP contribution is -2.32. The average Bonchev–Trinajstić information content (AvgIpc) is 2.72. The molecule has 0 N–H and O–H groups in total. The number of allylic oxidation sites excluding steroid dienone is 7. The molecule has 2 nitrogen and oxygen atoms in total. The molecule has 3 aliphatic carbocycles. The first-order chi connectivity index (χ1) is 10.9. The van der Waals surface area contributed by atoms with Gasteiger partial charge in [-0.15, -0.1) is 0 Å². The fraction of sp³-hybridized carbons (Fsp3) is 0.429. The third kappa shape index (κ3) is 2.27. The monoisotopic (exact) mass is 305 g/mol. The molecule has 1 saturated carbocycles. The number of ketones is 1. The standard InChI is InChI=1S/C21H23NO/c1-11(2)16-7-6-12(3)19-18(16)9-15(10-22)14(5)17-8-13(4)21(23)20(17)19/h9,13,16,18-19H,1,3,5-8H2,2,4H3/t13?,16-,18-,19?/m1/s1. The quantitative estimate of drug-likeness (QED) is 0.660. The molecule has 0 aromatic heterocycles. The maximum absolute atomic E-state index is 12.8. The van der Waals surface area contributed by atoms with E-state index in [0.717, 1.165) is 40.7 Å². The minimum absolute atomic E-state index is 0.0144. The summed E-state index contributed by atoms with van der Waals surface area (Å²) in [5.41, 5.74) is 5.46. The van der Waals surface area contributed by atoms with Crippen molar-refractivity contribution in [2.24, 2.45) is 23.7 Å². The van der Waals surface area contributed by atoms with Gasteiger partial charge in [0.2, 0.25) is 0 Å². The Labute approximate surface area is 138 Å². The van der Waals surface area contributed by atoms with Gasteiger partial charge in [-0.25, -0.2) is 0 Å². The molecule has 0 aromatic carbocycles. The highest BCUT2D eigenvalue weighted by Gasteiger charge is 2.45. The summed E-state index contributed by atoms with van der Waals surface area (Å²) in [6, 6.07) is 2.30. The van der Waals surface area contributed by atoms with Crippen LogP contribution in [-0.4, -0.2) is 5.78 Å². The molecule has 1 fully saturated rings. The van der Waals surface area contributed by atoms with Crippen LogP contribution in [0.25, 0.3) is 0 Å². The number of carbonyl (C=O) groups excluding carboxylic acids is 1. The van der Waals surface area contributed by atoms with E-state index in [9.17, 15) is 10.1 Å². The lowest BCUT2D eigenvalue weighted by molar-refractivity contribution is -0.118. The molecule has 4 atom stereocenters. The molecular formula is C21H23NO. The van der Waals surface area contributed by atoms with Gasteiger partial charge in [-0.05, 0) is 49.2 Å². The van der Waals surface area contributed by atoms with Gasteiger partial charge in [0.05, 0.1) is 11.6 Å². The molecule has 23 heavy (non-hydrogen) atoms. The first-order valence-corrected chi connectivity index (χ1v) is 8.28. The van der Waals surface area contributed by atoms with Crippen LogP contribution in [0.5, 0.6) is 0 Å². The van der Waals surface area contributed by atoms with Crippen LogP contribution in [0, 0.1) is 35.0 Å². The number of hydrogen-bond acceptors (Lipinski definition) is 2. The lowest BCUT2D eigenvalue weighted by atomic mass is 9.64. The summed E-state index contributed by atoms with van der Waals surface area (Å²) in [5.74, 6) is 0.598. The smallest absolute Gasteiger partial charge is 0.162 e. The molecule has 3 rings (SSSR count). The van der Waals surface area contributed by atoms with Gasteiger partial charge in [0, 0.05) is 17.4 Å². The predicted octanol–water partition coefficient (Wildman–Crippen LogP) is 4.69. The van der Waals surface area contributed by atoms with Gasteiger partial charge >= 0.3 is 0 Å². The molecule has 0 spiro atoms. The molecule has 0 saturated heterocycles. The van der Waals surface area contributed by atoms with Gasteiger partial charge in [0.15, 0.2) is 5.78 Å². The van der Waals surface area contributed by atoms with Crippen molar-refractivity contribution in [3.63, 3.8) is 0 Å². The van der Waals surface area contributed by atoms with E-state index in [1.807, 2.05) is 19.9 Å². The minimum atomic E-state index is -0.0200. The Morgan fingerprint density at radius 2 is 2.09 bits per heavy atom. The zero-order valence-corrected chi connectivity index (χ0v) is 14.0. The largest absolute Gasteiger partial charge is 0.294 e. The first-order valence-electron chi connectivity index (χ1n) is 8.28. The zero-order chi connectivity index (χ0) is 16.9. The van der Waals surface area contributed by atoms with Crippen LogP contribution in [-0.2, 0) is 4.79 Å². The van der Waals surface area contributed by atoms with Crippen molar-refractivity contribution in [1.29, 1.82) is 5.26 Å². The van der Waals surface area contributed by atoms with E-state index in [0.29, 0.717) is 12.0 Å². The van der Waals surface area contributed by atoms with Gasteiger partial charge in [0.25, 0.3) is 0 Å². The molecule has 118 valence electrons. The van der Waals surface area contributed by atoms with E-state index in [2.05, 4.69) is 25.8 Å². The highest BCUT2D eigenvalue weighted by Crippen LogP contribution is 2.52. The number of rotatable bonds is 1. The second-order valence-electron chi connectivity index (χ2n) is 7.24. The predicted molar refractivity (Wildman–Crippen MR) is 92.3 cm³/mol. The van der Waals surface area contributed by atoms with Crippen molar-refractivity contribution in [3.05, 3.63) is 59.3 Å². The molecule has 2 unspecified atom stereocenters. The highest BCUT2D eigenvalue weighted by atomic mass is 16.1. The number of fused-ring (bicyclic) bond motifs is 2. The fourth-order valence-corrected chi connectivity index (χ4v) is 4.49. The summed E-state index contributed by atoms with van der Waals surface area (Å²) < 4.78 is 0. The summed E-state index contributed by atoms with van der Waals surface area (Å²) in [7, 11) is 0. The van der Waals surface area contributed by atoms with Crippen LogP contribution in [0.3, 0.4) is 0 Å². The molecular weight excluding hydrogens is 282 g/mol. The van der Waals surface area contributed by atoms with Crippen LogP contribution < -0.4 is 0 Å². The molecule has 0 heterocycles. The third-order valence-corrected chi connectivity index (χ3v) is 5.73. The van der Waals surface area contributed by atoms with E-state index >= 15 is 0 Å². The first kappa shape index (κ1) is 15.7. The van der Waals surface area contributed by atoms with Crippen LogP contribution in [0.4, 0.5) is 0 Å². The summed E-state index contributed by atoms with van der Waals surface area (Å²) in [4.78, 5) is 12.8. The van der Waals surface area contributed by atoms with E-state index in [4.69, 9.17) is 0 Å². The summed E-state index contributed by atoms with van der Waals surface area (Å²) in [6.45, 7) is 16.6. The Balaban J connectivity index is 2.23. The SMILES string of the molecule is C=C1C(C#N)=C[C@H]2C(C(=C)CC[C@@H]2C(=C)C)C2=C1CC(C)C2=O. The van der Waals surface area contributed by atoms with E-state index < -0.39 is 0 Å². The van der Waals surface area contributed by atoms with E-state index in [1.165, 1.54) is 0 Å². The lowest BCUT2D eigenvalue weighted by Gasteiger charge is -2.39. The minimum Gasteiger partial charge on any atom is -0.294 e. The molecule has 0 amide bonds. The maximum Gasteiger partial charge on any atom is 0.162 e. The number of nitriles is 1. The Morgan fingerprint density at radius 3 is 2.70 bits per heavy atom. The molecule has 3 aliphatic rings. The Hall–Kier alpha value is -2.14. The second kappa shape index (κ2) is 5.49. The van der Waals surface area contributed by atoms with Gasteiger partial charge < -0.3 is 0 Å². The van der Waals surface area contributed by atoms with Crippen molar-refractivity contribution in [1.82, 2.24) is 0 Å². The van der Waals surface area contributed by atoms with Gasteiger partial charge in [-0.2, -0.15) is 5.26 Å². The number of Topliss-reactive ketones (excluding diaryl/α,β-unsaturated/α-hetero) is 1. The molecule has 0 aliphatic heterocycles. The van der Waals surface area contributed by atoms with Crippen molar-refractivity contribution < 1.29 is 4.79 Å².